The third kappa shape index (κ3) is 3.37. The van der Waals surface area contributed by atoms with Gasteiger partial charge in [-0.2, -0.15) is 0 Å². The minimum Gasteiger partial charge on any atom is -0.385 e. The molecule has 0 amide bonds. The summed E-state index contributed by atoms with van der Waals surface area (Å²) in [6.07, 6.45) is 2.20. The van der Waals surface area contributed by atoms with Crippen molar-refractivity contribution in [2.75, 3.05) is 0 Å². The molecule has 0 heterocycles. The second kappa shape index (κ2) is 6.23. The summed E-state index contributed by atoms with van der Waals surface area (Å²) < 4.78 is 0. The zero-order valence-electron chi connectivity index (χ0n) is 11.1. The minimum atomic E-state index is -0.846. The topological polar surface area (TPSA) is 20.2 Å². The van der Waals surface area contributed by atoms with Crippen molar-refractivity contribution in [2.24, 2.45) is 0 Å². The highest BCUT2D eigenvalue weighted by Gasteiger charge is 2.29. The van der Waals surface area contributed by atoms with Gasteiger partial charge in [0, 0.05) is 11.4 Å². The van der Waals surface area contributed by atoms with E-state index in [-0.39, 0.29) is 0 Å². The summed E-state index contributed by atoms with van der Waals surface area (Å²) in [5, 5.41) is 11.7. The van der Waals surface area contributed by atoms with E-state index in [2.05, 4.69) is 6.92 Å². The first-order valence-electron chi connectivity index (χ1n) is 6.67. The first-order valence-corrected chi connectivity index (χ1v) is 7.05. The monoisotopic (exact) mass is 274 g/mol. The Morgan fingerprint density at radius 1 is 1.00 bits per heavy atom. The van der Waals surface area contributed by atoms with E-state index in [1.165, 1.54) is 0 Å². The summed E-state index contributed by atoms with van der Waals surface area (Å²) in [5.41, 5.74) is 1.10. The highest BCUT2D eigenvalue weighted by atomic mass is 35.5. The van der Waals surface area contributed by atoms with Crippen LogP contribution in [0.15, 0.2) is 54.6 Å². The molecular formula is C17H19ClO. The van der Waals surface area contributed by atoms with Crippen LogP contribution in [0.4, 0.5) is 0 Å². The summed E-state index contributed by atoms with van der Waals surface area (Å²) in [6.45, 7) is 2.08. The molecule has 1 N–H and O–H groups in total. The van der Waals surface area contributed by atoms with Crippen molar-refractivity contribution >= 4 is 11.6 Å². The molecule has 1 nitrogen and oxygen atoms in total. The number of aliphatic hydroxyl groups is 1. The molecule has 0 aliphatic carbocycles. The largest absolute Gasteiger partial charge is 0.385 e. The van der Waals surface area contributed by atoms with Gasteiger partial charge >= 0.3 is 0 Å². The van der Waals surface area contributed by atoms with E-state index in [9.17, 15) is 5.11 Å². The second-order valence-corrected chi connectivity index (χ2v) is 5.32. The maximum Gasteiger partial charge on any atom is 0.0937 e. The van der Waals surface area contributed by atoms with Crippen molar-refractivity contribution < 1.29 is 5.11 Å². The highest BCUT2D eigenvalue weighted by molar-refractivity contribution is 6.31. The van der Waals surface area contributed by atoms with Crippen molar-refractivity contribution in [3.8, 4) is 0 Å². The van der Waals surface area contributed by atoms with Gasteiger partial charge in [-0.15, -0.1) is 0 Å². The molecule has 0 bridgehead atoms. The third-order valence-electron chi connectivity index (χ3n) is 3.42. The van der Waals surface area contributed by atoms with E-state index in [0.29, 0.717) is 11.4 Å². The van der Waals surface area contributed by atoms with Crippen molar-refractivity contribution in [1.29, 1.82) is 0 Å². The maximum atomic E-state index is 11.0. The fourth-order valence-electron chi connectivity index (χ4n) is 2.45. The standard InChI is InChI=1S/C17H19ClO/c1-2-12-17(19,15-9-4-3-5-10-15)13-14-8-6-7-11-16(14)18/h3-11,19H,2,12-13H2,1H3. The summed E-state index contributed by atoms with van der Waals surface area (Å²) >= 11 is 6.21. The molecule has 2 heteroatoms. The second-order valence-electron chi connectivity index (χ2n) is 4.92. The molecule has 0 radical (unpaired) electrons. The van der Waals surface area contributed by atoms with Gasteiger partial charge < -0.3 is 5.11 Å². The van der Waals surface area contributed by atoms with Crippen LogP contribution in [-0.4, -0.2) is 5.11 Å². The molecule has 2 aromatic carbocycles. The molecule has 1 atom stereocenters. The van der Waals surface area contributed by atoms with E-state index in [1.807, 2.05) is 54.6 Å². The highest BCUT2D eigenvalue weighted by Crippen LogP contribution is 2.32. The quantitative estimate of drug-likeness (QED) is 0.847. The number of hydrogen-bond donors (Lipinski definition) is 1. The Kier molecular flexibility index (Phi) is 4.62. The van der Waals surface area contributed by atoms with Gasteiger partial charge in [0.05, 0.1) is 5.60 Å². The van der Waals surface area contributed by atoms with Crippen LogP contribution in [0.5, 0.6) is 0 Å². The van der Waals surface area contributed by atoms with Gasteiger partial charge in [0.2, 0.25) is 0 Å². The van der Waals surface area contributed by atoms with Gasteiger partial charge in [0.1, 0.15) is 0 Å². The third-order valence-corrected chi connectivity index (χ3v) is 3.78. The average Bonchev–Trinajstić information content (AvgIpc) is 2.43. The molecule has 0 fully saturated rings. The van der Waals surface area contributed by atoms with E-state index in [1.54, 1.807) is 0 Å². The molecule has 19 heavy (non-hydrogen) atoms. The Morgan fingerprint density at radius 3 is 2.26 bits per heavy atom. The summed E-state index contributed by atoms with van der Waals surface area (Å²) in [7, 11) is 0. The van der Waals surface area contributed by atoms with Gasteiger partial charge in [0.25, 0.3) is 0 Å². The summed E-state index contributed by atoms with van der Waals surface area (Å²) in [6, 6.07) is 17.6. The van der Waals surface area contributed by atoms with E-state index in [4.69, 9.17) is 11.6 Å². The van der Waals surface area contributed by atoms with Gasteiger partial charge in [-0.1, -0.05) is 73.5 Å². The zero-order chi connectivity index (χ0) is 13.7. The first-order chi connectivity index (χ1) is 9.15. The Labute approximate surface area is 119 Å². The number of hydrogen-bond acceptors (Lipinski definition) is 1. The first kappa shape index (κ1) is 14.1. The zero-order valence-corrected chi connectivity index (χ0v) is 11.9. The smallest absolute Gasteiger partial charge is 0.0937 e. The van der Waals surface area contributed by atoms with Gasteiger partial charge in [-0.3, -0.25) is 0 Å². The molecule has 0 spiro atoms. The molecule has 2 rings (SSSR count). The molecule has 0 aliphatic rings. The van der Waals surface area contributed by atoms with Crippen LogP contribution in [0, 0.1) is 0 Å². The SMILES string of the molecule is CCCC(O)(Cc1ccccc1Cl)c1ccccc1. The molecule has 100 valence electrons. The lowest BCUT2D eigenvalue weighted by Gasteiger charge is -2.29. The Hall–Kier alpha value is -1.31. The van der Waals surface area contributed by atoms with Crippen LogP contribution in [0.2, 0.25) is 5.02 Å². The Bertz CT molecular complexity index is 524. The van der Waals surface area contributed by atoms with Gasteiger partial charge in [-0.25, -0.2) is 0 Å². The van der Waals surface area contributed by atoms with Crippen LogP contribution >= 0.6 is 11.6 Å². The van der Waals surface area contributed by atoms with E-state index < -0.39 is 5.60 Å². The molecule has 0 saturated heterocycles. The van der Waals surface area contributed by atoms with Crippen molar-refractivity contribution in [3.05, 3.63) is 70.7 Å². The van der Waals surface area contributed by atoms with Crippen LogP contribution in [0.3, 0.4) is 0 Å². The average molecular weight is 275 g/mol. The van der Waals surface area contributed by atoms with Crippen molar-refractivity contribution in [2.45, 2.75) is 31.8 Å². The molecule has 0 saturated carbocycles. The molecule has 0 aromatic heterocycles. The van der Waals surface area contributed by atoms with Crippen molar-refractivity contribution in [3.63, 3.8) is 0 Å². The van der Waals surface area contributed by atoms with Gasteiger partial charge in [-0.05, 0) is 23.6 Å². The Morgan fingerprint density at radius 2 is 1.63 bits per heavy atom. The fourth-order valence-corrected chi connectivity index (χ4v) is 2.66. The van der Waals surface area contributed by atoms with Crippen molar-refractivity contribution in [1.82, 2.24) is 0 Å². The molecule has 2 aromatic rings. The summed E-state index contributed by atoms with van der Waals surface area (Å²) in [4.78, 5) is 0. The predicted octanol–water partition coefficient (Wildman–Crippen LogP) is 4.57. The molecular weight excluding hydrogens is 256 g/mol. The maximum absolute atomic E-state index is 11.0. The lowest BCUT2D eigenvalue weighted by Crippen LogP contribution is -2.28. The number of rotatable bonds is 5. The van der Waals surface area contributed by atoms with Crippen LogP contribution < -0.4 is 0 Å². The van der Waals surface area contributed by atoms with Gasteiger partial charge in [0.15, 0.2) is 0 Å². The van der Waals surface area contributed by atoms with E-state index in [0.717, 1.165) is 24.0 Å². The van der Waals surface area contributed by atoms with E-state index >= 15 is 0 Å². The number of halogens is 1. The predicted molar refractivity (Wildman–Crippen MR) is 80.4 cm³/mol. The summed E-state index contributed by atoms with van der Waals surface area (Å²) in [5.74, 6) is 0. The molecule has 1 unspecified atom stereocenters. The van der Waals surface area contributed by atoms with Crippen LogP contribution in [-0.2, 0) is 12.0 Å². The number of benzene rings is 2. The molecule has 0 aliphatic heterocycles. The Balaban J connectivity index is 2.33. The fraction of sp³-hybridized carbons (Fsp3) is 0.294. The van der Waals surface area contributed by atoms with Crippen LogP contribution in [0.1, 0.15) is 30.9 Å². The van der Waals surface area contributed by atoms with Crippen LogP contribution in [0.25, 0.3) is 0 Å². The lowest BCUT2D eigenvalue weighted by atomic mass is 9.84. The lowest BCUT2D eigenvalue weighted by molar-refractivity contribution is 0.0269. The normalized spacial score (nSPS) is 14.1. The minimum absolute atomic E-state index is 0.546.